The molecule has 3 rings (SSSR count). The summed E-state index contributed by atoms with van der Waals surface area (Å²) in [5, 5.41) is 6.82. The number of aromatic nitrogens is 3. The lowest BCUT2D eigenvalue weighted by molar-refractivity contribution is -0.115. The highest BCUT2D eigenvalue weighted by atomic mass is 32.1. The molecule has 140 valence electrons. The normalized spacial score (nSPS) is 10.5. The summed E-state index contributed by atoms with van der Waals surface area (Å²) in [7, 11) is 1.61. The van der Waals surface area contributed by atoms with Crippen molar-refractivity contribution in [2.24, 2.45) is 0 Å². The lowest BCUT2D eigenvalue weighted by Crippen LogP contribution is -2.16. The van der Waals surface area contributed by atoms with Gasteiger partial charge in [-0.15, -0.1) is 0 Å². The summed E-state index contributed by atoms with van der Waals surface area (Å²) in [6.07, 6.45) is 1.87. The van der Waals surface area contributed by atoms with Crippen LogP contribution in [0.3, 0.4) is 0 Å². The zero-order chi connectivity index (χ0) is 19.2. The molecule has 0 saturated carbocycles. The number of ether oxygens (including phenoxy) is 1. The number of aryl methyl sites for hydroxylation is 1. The molecule has 0 aliphatic carbocycles. The highest BCUT2D eigenvalue weighted by Gasteiger charge is 2.13. The summed E-state index contributed by atoms with van der Waals surface area (Å²) in [6, 6.07) is 9.19. The van der Waals surface area contributed by atoms with E-state index < -0.39 is 0 Å². The second-order valence-corrected chi connectivity index (χ2v) is 6.80. The van der Waals surface area contributed by atoms with E-state index >= 15 is 0 Å². The second-order valence-electron chi connectivity index (χ2n) is 5.80. The van der Waals surface area contributed by atoms with Crippen molar-refractivity contribution in [3.63, 3.8) is 0 Å². The third-order valence-electron chi connectivity index (χ3n) is 3.79. The monoisotopic (exact) mass is 383 g/mol. The first kappa shape index (κ1) is 18.8. The topological polar surface area (TPSA) is 89.0 Å². The van der Waals surface area contributed by atoms with Crippen LogP contribution in [0, 0.1) is 6.92 Å². The lowest BCUT2D eigenvalue weighted by Gasteiger charge is -2.06. The molecule has 0 unspecified atom stereocenters. The quantitative estimate of drug-likeness (QED) is 0.649. The van der Waals surface area contributed by atoms with Crippen LogP contribution in [0.1, 0.15) is 18.2 Å². The number of benzene rings is 1. The van der Waals surface area contributed by atoms with Gasteiger partial charge < -0.3 is 10.1 Å². The molecule has 8 heteroatoms. The summed E-state index contributed by atoms with van der Waals surface area (Å²) in [5.41, 5.74) is 2.52. The van der Waals surface area contributed by atoms with Crippen molar-refractivity contribution in [3.8, 4) is 16.3 Å². The van der Waals surface area contributed by atoms with Crippen molar-refractivity contribution in [1.82, 2.24) is 15.0 Å². The number of rotatable bonds is 7. The maximum absolute atomic E-state index is 12.3. The Morgan fingerprint density at radius 3 is 2.67 bits per heavy atom. The molecule has 2 aromatic heterocycles. The van der Waals surface area contributed by atoms with Gasteiger partial charge in [0.2, 0.25) is 11.9 Å². The van der Waals surface area contributed by atoms with Crippen molar-refractivity contribution in [2.45, 2.75) is 20.3 Å². The van der Waals surface area contributed by atoms with Gasteiger partial charge in [0, 0.05) is 12.7 Å². The molecule has 1 amide bonds. The summed E-state index contributed by atoms with van der Waals surface area (Å²) < 4.78 is 5.12. The van der Waals surface area contributed by atoms with E-state index in [-0.39, 0.29) is 18.3 Å². The molecule has 0 bridgehead atoms. The van der Waals surface area contributed by atoms with Crippen molar-refractivity contribution in [3.05, 3.63) is 47.8 Å². The Morgan fingerprint density at radius 1 is 1.19 bits per heavy atom. The van der Waals surface area contributed by atoms with Crippen LogP contribution in [0.15, 0.2) is 36.5 Å². The van der Waals surface area contributed by atoms with E-state index in [1.807, 2.05) is 44.2 Å². The largest absolute Gasteiger partial charge is 0.497 e. The SMILES string of the molecule is CCNc1nc(C)c(-c2ccnc(NC(=O)Cc3ccc(OC)cc3)n2)s1. The van der Waals surface area contributed by atoms with Gasteiger partial charge >= 0.3 is 0 Å². The van der Waals surface area contributed by atoms with E-state index in [4.69, 9.17) is 4.74 Å². The van der Waals surface area contributed by atoms with E-state index in [9.17, 15) is 4.79 Å². The van der Waals surface area contributed by atoms with E-state index in [1.54, 1.807) is 13.3 Å². The van der Waals surface area contributed by atoms with E-state index in [0.29, 0.717) is 0 Å². The van der Waals surface area contributed by atoms with E-state index in [0.717, 1.165) is 39.3 Å². The first-order valence-electron chi connectivity index (χ1n) is 8.56. The Kier molecular flexibility index (Phi) is 5.97. The maximum atomic E-state index is 12.3. The Balaban J connectivity index is 1.70. The minimum Gasteiger partial charge on any atom is -0.497 e. The molecule has 3 aromatic rings. The minimum absolute atomic E-state index is 0.174. The predicted molar refractivity (Wildman–Crippen MR) is 107 cm³/mol. The van der Waals surface area contributed by atoms with Gasteiger partial charge in [0.1, 0.15) is 5.75 Å². The van der Waals surface area contributed by atoms with Gasteiger partial charge in [-0.3, -0.25) is 10.1 Å². The molecule has 0 radical (unpaired) electrons. The van der Waals surface area contributed by atoms with Crippen molar-refractivity contribution in [2.75, 3.05) is 24.3 Å². The van der Waals surface area contributed by atoms with Crippen LogP contribution < -0.4 is 15.4 Å². The highest BCUT2D eigenvalue weighted by Crippen LogP contribution is 2.31. The van der Waals surface area contributed by atoms with Crippen LogP contribution in [0.25, 0.3) is 10.6 Å². The number of carbonyl (C=O) groups is 1. The van der Waals surface area contributed by atoms with Crippen molar-refractivity contribution >= 4 is 28.3 Å². The summed E-state index contributed by atoms with van der Waals surface area (Å²) >= 11 is 1.53. The molecular formula is C19H21N5O2S. The van der Waals surface area contributed by atoms with Crippen LogP contribution in [0.5, 0.6) is 5.75 Å². The number of methoxy groups -OCH3 is 1. The summed E-state index contributed by atoms with van der Waals surface area (Å²) in [5.74, 6) is 0.863. The Bertz CT molecular complexity index is 924. The fraction of sp³-hybridized carbons (Fsp3) is 0.263. The number of hydrogen-bond donors (Lipinski definition) is 2. The second kappa shape index (κ2) is 8.59. The molecule has 0 aliphatic rings. The van der Waals surface area contributed by atoms with Crippen LogP contribution in [0.4, 0.5) is 11.1 Å². The Labute approximate surface area is 161 Å². The van der Waals surface area contributed by atoms with Crippen molar-refractivity contribution < 1.29 is 9.53 Å². The minimum atomic E-state index is -0.174. The van der Waals surface area contributed by atoms with Gasteiger partial charge in [-0.25, -0.2) is 15.0 Å². The standard InChI is InChI=1S/C19H21N5O2S/c1-4-20-19-22-12(2)17(27-19)15-9-10-21-18(23-15)24-16(25)11-13-5-7-14(26-3)8-6-13/h5-10H,4,11H2,1-3H3,(H,20,22)(H,21,23,24,25). The number of amides is 1. The highest BCUT2D eigenvalue weighted by molar-refractivity contribution is 7.19. The average Bonchev–Trinajstić information content (AvgIpc) is 3.03. The van der Waals surface area contributed by atoms with Crippen LogP contribution >= 0.6 is 11.3 Å². The smallest absolute Gasteiger partial charge is 0.231 e. The third-order valence-corrected chi connectivity index (χ3v) is 4.93. The van der Waals surface area contributed by atoms with Gasteiger partial charge in [0.05, 0.1) is 29.8 Å². The van der Waals surface area contributed by atoms with E-state index in [2.05, 4.69) is 25.6 Å². The third kappa shape index (κ3) is 4.79. The molecule has 0 spiro atoms. The molecule has 27 heavy (non-hydrogen) atoms. The molecule has 7 nitrogen and oxygen atoms in total. The molecule has 1 aromatic carbocycles. The first-order valence-corrected chi connectivity index (χ1v) is 9.38. The van der Waals surface area contributed by atoms with Crippen LogP contribution in [0.2, 0.25) is 0 Å². The fourth-order valence-corrected chi connectivity index (χ4v) is 3.51. The average molecular weight is 383 g/mol. The number of nitrogens with one attached hydrogen (secondary N) is 2. The number of thiazole rings is 1. The Morgan fingerprint density at radius 2 is 1.96 bits per heavy atom. The van der Waals surface area contributed by atoms with Gasteiger partial charge in [0.15, 0.2) is 5.13 Å². The lowest BCUT2D eigenvalue weighted by atomic mass is 10.1. The first-order chi connectivity index (χ1) is 13.1. The van der Waals surface area contributed by atoms with Gasteiger partial charge in [0.25, 0.3) is 0 Å². The number of carbonyl (C=O) groups excluding carboxylic acids is 1. The van der Waals surface area contributed by atoms with Crippen LogP contribution in [-0.4, -0.2) is 34.5 Å². The number of anilines is 2. The molecular weight excluding hydrogens is 362 g/mol. The van der Waals surface area contributed by atoms with Gasteiger partial charge in [-0.1, -0.05) is 23.5 Å². The molecule has 0 saturated heterocycles. The maximum Gasteiger partial charge on any atom is 0.231 e. The fourth-order valence-electron chi connectivity index (χ4n) is 2.50. The van der Waals surface area contributed by atoms with Crippen molar-refractivity contribution in [1.29, 1.82) is 0 Å². The Hall–Kier alpha value is -3.00. The molecule has 0 fully saturated rings. The molecule has 2 heterocycles. The molecule has 0 atom stereocenters. The number of nitrogens with zero attached hydrogens (tertiary/aromatic N) is 3. The zero-order valence-electron chi connectivity index (χ0n) is 15.4. The van der Waals surface area contributed by atoms with Gasteiger partial charge in [-0.05, 0) is 37.6 Å². The number of hydrogen-bond acceptors (Lipinski definition) is 7. The van der Waals surface area contributed by atoms with Gasteiger partial charge in [-0.2, -0.15) is 0 Å². The summed E-state index contributed by atoms with van der Waals surface area (Å²) in [6.45, 7) is 4.77. The van der Waals surface area contributed by atoms with Crippen LogP contribution in [-0.2, 0) is 11.2 Å². The predicted octanol–water partition coefficient (Wildman–Crippen LogP) is 3.53. The summed E-state index contributed by atoms with van der Waals surface area (Å²) in [4.78, 5) is 26.4. The van der Waals surface area contributed by atoms with E-state index in [1.165, 1.54) is 11.3 Å². The molecule has 0 aliphatic heterocycles. The molecule has 2 N–H and O–H groups in total. The zero-order valence-corrected chi connectivity index (χ0v) is 16.3.